The van der Waals surface area contributed by atoms with Crippen molar-refractivity contribution in [2.24, 2.45) is 0 Å². The molecule has 214 valence electrons. The Morgan fingerprint density at radius 3 is 2.17 bits per heavy atom. The number of anilines is 1. The fourth-order valence-corrected chi connectivity index (χ4v) is 5.70. The van der Waals surface area contributed by atoms with Gasteiger partial charge in [0.1, 0.15) is 18.3 Å². The third-order valence-corrected chi connectivity index (χ3v) is 8.83. The Morgan fingerprint density at radius 2 is 1.60 bits per heavy atom. The van der Waals surface area contributed by atoms with Crippen molar-refractivity contribution in [3.05, 3.63) is 88.4 Å². The molecule has 0 unspecified atom stereocenters. The molecule has 10 heteroatoms. The minimum Gasteiger partial charge on any atom is -0.497 e. The van der Waals surface area contributed by atoms with Gasteiger partial charge in [0.25, 0.3) is 10.0 Å². The predicted octanol–water partition coefficient (Wildman–Crippen LogP) is 5.30. The van der Waals surface area contributed by atoms with Crippen LogP contribution in [0.2, 0.25) is 0 Å². The number of unbranched alkanes of at least 4 members (excludes halogenated alkanes) is 1. The summed E-state index contributed by atoms with van der Waals surface area (Å²) in [5.41, 5.74) is 2.03. The highest BCUT2D eigenvalue weighted by Crippen LogP contribution is 2.26. The van der Waals surface area contributed by atoms with E-state index >= 15 is 0 Å². The lowest BCUT2D eigenvalue weighted by molar-refractivity contribution is -0.139. The first-order valence-corrected chi connectivity index (χ1v) is 15.3. The Bertz CT molecular complexity index is 1380. The molecule has 0 aliphatic heterocycles. The standard InChI is InChI=1S/C30H36BrN3O5S/c1-5-6-19-32-30(36)23(3)33(20-24-9-15-27(39-4)16-10-24)29(35)21-34(26-13-11-25(31)12-14-26)40(37,38)28-17-7-22(2)8-18-28/h7-18,23H,5-6,19-21H2,1-4H3,(H,32,36)/t23-/m0/s1. The summed E-state index contributed by atoms with van der Waals surface area (Å²) in [6, 6.07) is 19.6. The number of carbonyl (C=O) groups excluding carboxylic acids is 2. The number of amides is 2. The molecule has 0 fully saturated rings. The van der Waals surface area contributed by atoms with Crippen molar-refractivity contribution in [3.8, 4) is 5.75 Å². The van der Waals surface area contributed by atoms with E-state index in [-0.39, 0.29) is 17.3 Å². The lowest BCUT2D eigenvalue weighted by Crippen LogP contribution is -2.51. The number of nitrogens with zero attached hydrogens (tertiary/aromatic N) is 2. The highest BCUT2D eigenvalue weighted by Gasteiger charge is 2.32. The Hall–Kier alpha value is -3.37. The zero-order valence-corrected chi connectivity index (χ0v) is 25.7. The second-order valence-corrected chi connectivity index (χ2v) is 12.3. The maximum absolute atomic E-state index is 13.9. The first-order chi connectivity index (χ1) is 19.1. The number of aryl methyl sites for hydroxylation is 1. The van der Waals surface area contributed by atoms with Crippen molar-refractivity contribution >= 4 is 43.5 Å². The minimum atomic E-state index is -4.10. The van der Waals surface area contributed by atoms with Gasteiger partial charge in [-0.15, -0.1) is 0 Å². The summed E-state index contributed by atoms with van der Waals surface area (Å²) in [5, 5.41) is 2.89. The van der Waals surface area contributed by atoms with Gasteiger partial charge < -0.3 is 15.0 Å². The van der Waals surface area contributed by atoms with Gasteiger partial charge in [-0.1, -0.05) is 59.1 Å². The molecule has 0 aliphatic rings. The highest BCUT2D eigenvalue weighted by molar-refractivity contribution is 9.10. The van der Waals surface area contributed by atoms with Crippen molar-refractivity contribution in [3.63, 3.8) is 0 Å². The molecule has 3 aromatic carbocycles. The molecule has 0 bridgehead atoms. The van der Waals surface area contributed by atoms with Gasteiger partial charge in [-0.3, -0.25) is 13.9 Å². The lowest BCUT2D eigenvalue weighted by atomic mass is 10.1. The summed E-state index contributed by atoms with van der Waals surface area (Å²) in [6.07, 6.45) is 1.74. The van der Waals surface area contributed by atoms with Crippen LogP contribution in [0.5, 0.6) is 5.75 Å². The van der Waals surface area contributed by atoms with Crippen LogP contribution in [0, 0.1) is 6.92 Å². The van der Waals surface area contributed by atoms with Gasteiger partial charge in [-0.05, 0) is 74.4 Å². The molecule has 0 aliphatic carbocycles. The Labute approximate surface area is 245 Å². The predicted molar refractivity (Wildman–Crippen MR) is 161 cm³/mol. The van der Waals surface area contributed by atoms with Gasteiger partial charge in [0, 0.05) is 17.6 Å². The molecule has 1 atom stereocenters. The monoisotopic (exact) mass is 629 g/mol. The quantitative estimate of drug-likeness (QED) is 0.259. The SMILES string of the molecule is CCCCNC(=O)[C@H](C)N(Cc1ccc(OC)cc1)C(=O)CN(c1ccc(Br)cc1)S(=O)(=O)c1ccc(C)cc1. The van der Waals surface area contributed by atoms with E-state index < -0.39 is 28.5 Å². The second kappa shape index (κ2) is 14.3. The first kappa shape index (κ1) is 31.2. The Morgan fingerprint density at radius 1 is 0.975 bits per heavy atom. The number of benzene rings is 3. The van der Waals surface area contributed by atoms with Gasteiger partial charge in [0.15, 0.2) is 0 Å². The van der Waals surface area contributed by atoms with Crippen molar-refractivity contribution < 1.29 is 22.7 Å². The first-order valence-electron chi connectivity index (χ1n) is 13.1. The second-order valence-electron chi connectivity index (χ2n) is 9.49. The summed E-state index contributed by atoms with van der Waals surface area (Å²) in [5.74, 6) is -0.142. The number of sulfonamides is 1. The largest absolute Gasteiger partial charge is 0.497 e. The number of nitrogens with one attached hydrogen (secondary N) is 1. The summed E-state index contributed by atoms with van der Waals surface area (Å²) in [7, 11) is -2.54. The van der Waals surface area contributed by atoms with E-state index in [9.17, 15) is 18.0 Å². The van der Waals surface area contributed by atoms with Crippen LogP contribution in [0.1, 0.15) is 37.8 Å². The van der Waals surface area contributed by atoms with Crippen molar-refractivity contribution in [1.82, 2.24) is 10.2 Å². The van der Waals surface area contributed by atoms with E-state index in [0.717, 1.165) is 32.7 Å². The van der Waals surface area contributed by atoms with E-state index in [2.05, 4.69) is 21.2 Å². The normalized spacial score (nSPS) is 11.9. The van der Waals surface area contributed by atoms with Crippen LogP contribution in [-0.2, 0) is 26.2 Å². The zero-order chi connectivity index (χ0) is 29.3. The molecular weight excluding hydrogens is 594 g/mol. The van der Waals surface area contributed by atoms with Crippen LogP contribution in [0.3, 0.4) is 0 Å². The molecule has 0 radical (unpaired) electrons. The molecule has 0 spiro atoms. The molecule has 8 nitrogen and oxygen atoms in total. The number of rotatable bonds is 13. The average Bonchev–Trinajstić information content (AvgIpc) is 2.95. The fourth-order valence-electron chi connectivity index (χ4n) is 4.02. The van der Waals surface area contributed by atoms with Crippen LogP contribution in [0.15, 0.2) is 82.2 Å². The number of hydrogen-bond donors (Lipinski definition) is 1. The van der Waals surface area contributed by atoms with Gasteiger partial charge in [0.05, 0.1) is 17.7 Å². The van der Waals surface area contributed by atoms with E-state index in [1.54, 1.807) is 62.6 Å². The third kappa shape index (κ3) is 8.08. The summed E-state index contributed by atoms with van der Waals surface area (Å²) in [6.45, 7) is 5.68. The molecule has 0 heterocycles. The molecule has 3 aromatic rings. The van der Waals surface area contributed by atoms with Crippen molar-refractivity contribution in [1.29, 1.82) is 0 Å². The van der Waals surface area contributed by atoms with Gasteiger partial charge >= 0.3 is 0 Å². The number of methoxy groups -OCH3 is 1. The zero-order valence-electron chi connectivity index (χ0n) is 23.3. The molecular formula is C30H36BrN3O5S. The Balaban J connectivity index is 1.98. The number of hydrogen-bond acceptors (Lipinski definition) is 5. The van der Waals surface area contributed by atoms with Crippen LogP contribution < -0.4 is 14.4 Å². The van der Waals surface area contributed by atoms with Crippen LogP contribution >= 0.6 is 15.9 Å². The Kier molecular flexibility index (Phi) is 11.2. The van der Waals surface area contributed by atoms with Gasteiger partial charge in [-0.2, -0.15) is 0 Å². The fraction of sp³-hybridized carbons (Fsp3) is 0.333. The van der Waals surface area contributed by atoms with Crippen LogP contribution in [0.25, 0.3) is 0 Å². The van der Waals surface area contributed by atoms with Crippen LogP contribution in [0.4, 0.5) is 5.69 Å². The van der Waals surface area contributed by atoms with Crippen molar-refractivity contribution in [2.45, 2.75) is 51.1 Å². The highest BCUT2D eigenvalue weighted by atomic mass is 79.9. The third-order valence-electron chi connectivity index (χ3n) is 6.51. The molecule has 1 N–H and O–H groups in total. The smallest absolute Gasteiger partial charge is 0.264 e. The molecule has 2 amide bonds. The van der Waals surface area contributed by atoms with Gasteiger partial charge in [-0.25, -0.2) is 8.42 Å². The van der Waals surface area contributed by atoms with Gasteiger partial charge in [0.2, 0.25) is 11.8 Å². The number of halogens is 1. The topological polar surface area (TPSA) is 96.0 Å². The van der Waals surface area contributed by atoms with Crippen LogP contribution in [-0.4, -0.2) is 51.4 Å². The van der Waals surface area contributed by atoms with E-state index in [4.69, 9.17) is 4.74 Å². The lowest BCUT2D eigenvalue weighted by Gasteiger charge is -2.32. The molecule has 0 saturated carbocycles. The molecule has 0 saturated heterocycles. The number of carbonyl (C=O) groups is 2. The van der Waals surface area contributed by atoms with E-state index in [1.807, 2.05) is 26.0 Å². The molecule has 0 aromatic heterocycles. The minimum absolute atomic E-state index is 0.0703. The van der Waals surface area contributed by atoms with E-state index in [1.165, 1.54) is 17.0 Å². The summed E-state index contributed by atoms with van der Waals surface area (Å²) < 4.78 is 34.8. The maximum Gasteiger partial charge on any atom is 0.264 e. The summed E-state index contributed by atoms with van der Waals surface area (Å²) in [4.78, 5) is 28.5. The maximum atomic E-state index is 13.9. The van der Waals surface area contributed by atoms with E-state index in [0.29, 0.717) is 18.0 Å². The van der Waals surface area contributed by atoms with Crippen molar-refractivity contribution in [2.75, 3.05) is 24.5 Å². The number of ether oxygens (including phenoxy) is 1. The summed E-state index contributed by atoms with van der Waals surface area (Å²) >= 11 is 3.38. The molecule has 3 rings (SSSR count). The molecule has 40 heavy (non-hydrogen) atoms. The average molecular weight is 631 g/mol.